The summed E-state index contributed by atoms with van der Waals surface area (Å²) in [6.45, 7) is 0.436. The number of amides is 1. The molecule has 2 N–H and O–H groups in total. The second-order valence-electron chi connectivity index (χ2n) is 7.63. The molecule has 6 nitrogen and oxygen atoms in total. The largest absolute Gasteiger partial charge is 0.497 e. The quantitative estimate of drug-likeness (QED) is 0.722. The summed E-state index contributed by atoms with van der Waals surface area (Å²) in [6.07, 6.45) is 5.81. The molecule has 1 aliphatic carbocycles. The van der Waals surface area contributed by atoms with E-state index in [2.05, 4.69) is 10.0 Å². The highest BCUT2D eigenvalue weighted by molar-refractivity contribution is 7.92. The molecule has 0 bridgehead atoms. The van der Waals surface area contributed by atoms with Gasteiger partial charge in [0.05, 0.1) is 18.8 Å². The number of sulfonamides is 1. The molecule has 1 fully saturated rings. The van der Waals surface area contributed by atoms with Gasteiger partial charge in [-0.2, -0.15) is 0 Å². The lowest BCUT2D eigenvalue weighted by Crippen LogP contribution is -2.45. The summed E-state index contributed by atoms with van der Waals surface area (Å²) in [6, 6.07) is 14.8. The fraction of sp³-hybridized carbons (Fsp3) is 0.409. The lowest BCUT2D eigenvalue weighted by Gasteiger charge is -2.36. The lowest BCUT2D eigenvalue weighted by molar-refractivity contribution is -0.128. The molecular formula is C22H28N2O4S. The summed E-state index contributed by atoms with van der Waals surface area (Å²) in [5.74, 6) is 0.780. The van der Waals surface area contributed by atoms with Gasteiger partial charge in [0.2, 0.25) is 15.9 Å². The van der Waals surface area contributed by atoms with E-state index in [1.807, 2.05) is 36.4 Å². The Morgan fingerprint density at radius 2 is 1.76 bits per heavy atom. The summed E-state index contributed by atoms with van der Waals surface area (Å²) >= 11 is 0. The average Bonchev–Trinajstić information content (AvgIpc) is 2.72. The fourth-order valence-corrected chi connectivity index (χ4v) is 4.57. The first-order valence-electron chi connectivity index (χ1n) is 9.82. The number of carbonyl (C=O) groups is 1. The molecule has 7 heteroatoms. The van der Waals surface area contributed by atoms with Crippen LogP contribution in [0.2, 0.25) is 0 Å². The standard InChI is InChI=1S/C22H28N2O4S/c1-28-20-8-6-7-17(15-20)16-23-21(25)22(13-4-3-5-14-22)18-9-11-19(12-10-18)24-29(2,26)27/h6-12,15,24H,3-5,13-14,16H2,1-2H3,(H,23,25). The van der Waals surface area contributed by atoms with Crippen molar-refractivity contribution < 1.29 is 17.9 Å². The zero-order valence-corrected chi connectivity index (χ0v) is 17.7. The zero-order valence-electron chi connectivity index (χ0n) is 16.9. The molecule has 0 aromatic heterocycles. The molecule has 0 spiro atoms. The van der Waals surface area contributed by atoms with Crippen LogP contribution in [-0.2, 0) is 26.8 Å². The van der Waals surface area contributed by atoms with Crippen molar-refractivity contribution in [2.24, 2.45) is 0 Å². The van der Waals surface area contributed by atoms with E-state index in [-0.39, 0.29) is 5.91 Å². The molecule has 2 aromatic rings. The minimum absolute atomic E-state index is 0.0174. The molecule has 29 heavy (non-hydrogen) atoms. The van der Waals surface area contributed by atoms with Gasteiger partial charge in [0, 0.05) is 12.2 Å². The molecule has 156 valence electrons. The van der Waals surface area contributed by atoms with Crippen LogP contribution in [0.3, 0.4) is 0 Å². The van der Waals surface area contributed by atoms with Crippen LogP contribution in [0.1, 0.15) is 43.2 Å². The molecular weight excluding hydrogens is 388 g/mol. The number of hydrogen-bond donors (Lipinski definition) is 2. The molecule has 0 heterocycles. The monoisotopic (exact) mass is 416 g/mol. The number of methoxy groups -OCH3 is 1. The Morgan fingerprint density at radius 3 is 2.38 bits per heavy atom. The van der Waals surface area contributed by atoms with Crippen molar-refractivity contribution >= 4 is 21.6 Å². The van der Waals surface area contributed by atoms with E-state index in [4.69, 9.17) is 4.74 Å². The van der Waals surface area contributed by atoms with E-state index in [9.17, 15) is 13.2 Å². The van der Waals surface area contributed by atoms with Gasteiger partial charge in [-0.3, -0.25) is 9.52 Å². The molecule has 2 aromatic carbocycles. The summed E-state index contributed by atoms with van der Waals surface area (Å²) in [5.41, 5.74) is 1.83. The second kappa shape index (κ2) is 8.86. The first-order valence-corrected chi connectivity index (χ1v) is 11.7. The second-order valence-corrected chi connectivity index (χ2v) is 9.38. The third-order valence-corrected chi connectivity index (χ3v) is 6.08. The maximum Gasteiger partial charge on any atom is 0.230 e. The Morgan fingerprint density at radius 1 is 1.07 bits per heavy atom. The molecule has 0 aliphatic heterocycles. The van der Waals surface area contributed by atoms with Gasteiger partial charge >= 0.3 is 0 Å². The van der Waals surface area contributed by atoms with Crippen LogP contribution in [0, 0.1) is 0 Å². The number of carbonyl (C=O) groups excluding carboxylic acids is 1. The Kier molecular flexibility index (Phi) is 6.47. The summed E-state index contributed by atoms with van der Waals surface area (Å²) in [5, 5.41) is 3.11. The summed E-state index contributed by atoms with van der Waals surface area (Å²) in [7, 11) is -1.71. The van der Waals surface area contributed by atoms with E-state index in [1.54, 1.807) is 19.2 Å². The Balaban J connectivity index is 1.79. The van der Waals surface area contributed by atoms with Gasteiger partial charge in [0.15, 0.2) is 0 Å². The van der Waals surface area contributed by atoms with E-state index in [1.165, 1.54) is 0 Å². The van der Waals surface area contributed by atoms with Crippen molar-refractivity contribution in [3.05, 3.63) is 59.7 Å². The Labute approximate surface area is 172 Å². The molecule has 1 aliphatic rings. The molecule has 3 rings (SSSR count). The van der Waals surface area contributed by atoms with E-state index in [0.29, 0.717) is 12.2 Å². The predicted octanol–water partition coefficient (Wildman–Crippen LogP) is 3.59. The van der Waals surface area contributed by atoms with Gasteiger partial charge in [0.1, 0.15) is 5.75 Å². The van der Waals surface area contributed by atoms with E-state index >= 15 is 0 Å². The van der Waals surface area contributed by atoms with Gasteiger partial charge < -0.3 is 10.1 Å². The van der Waals surface area contributed by atoms with Crippen molar-refractivity contribution in [1.29, 1.82) is 0 Å². The first kappa shape index (κ1) is 21.2. The third-order valence-electron chi connectivity index (χ3n) is 5.47. The van der Waals surface area contributed by atoms with Crippen LogP contribution in [0.25, 0.3) is 0 Å². The van der Waals surface area contributed by atoms with Crippen molar-refractivity contribution in [2.75, 3.05) is 18.1 Å². The van der Waals surface area contributed by atoms with Gasteiger partial charge in [0.25, 0.3) is 0 Å². The van der Waals surface area contributed by atoms with Crippen LogP contribution in [0.5, 0.6) is 5.75 Å². The van der Waals surface area contributed by atoms with Crippen LogP contribution in [0.15, 0.2) is 48.5 Å². The minimum Gasteiger partial charge on any atom is -0.497 e. The Bertz CT molecular complexity index is 949. The number of hydrogen-bond acceptors (Lipinski definition) is 4. The SMILES string of the molecule is COc1cccc(CNC(=O)C2(c3ccc(NS(C)(=O)=O)cc3)CCCCC2)c1. The number of ether oxygens (including phenoxy) is 1. The average molecular weight is 417 g/mol. The van der Waals surface area contributed by atoms with Gasteiger partial charge in [-0.1, -0.05) is 43.5 Å². The maximum atomic E-state index is 13.3. The third kappa shape index (κ3) is 5.29. The molecule has 1 saturated carbocycles. The number of rotatable bonds is 7. The topological polar surface area (TPSA) is 84.5 Å². The van der Waals surface area contributed by atoms with E-state index in [0.717, 1.165) is 55.2 Å². The first-order chi connectivity index (χ1) is 13.8. The van der Waals surface area contributed by atoms with Crippen LogP contribution in [0.4, 0.5) is 5.69 Å². The van der Waals surface area contributed by atoms with Crippen LogP contribution < -0.4 is 14.8 Å². The van der Waals surface area contributed by atoms with Gasteiger partial charge in [-0.05, 0) is 48.2 Å². The van der Waals surface area contributed by atoms with E-state index < -0.39 is 15.4 Å². The van der Waals surface area contributed by atoms with Crippen molar-refractivity contribution in [1.82, 2.24) is 5.32 Å². The van der Waals surface area contributed by atoms with Crippen molar-refractivity contribution in [3.8, 4) is 5.75 Å². The smallest absolute Gasteiger partial charge is 0.230 e. The summed E-state index contributed by atoms with van der Waals surface area (Å²) in [4.78, 5) is 13.3. The van der Waals surface area contributed by atoms with Crippen LogP contribution >= 0.6 is 0 Å². The predicted molar refractivity (Wildman–Crippen MR) is 115 cm³/mol. The number of anilines is 1. The normalized spacial score (nSPS) is 16.1. The number of benzene rings is 2. The fourth-order valence-electron chi connectivity index (χ4n) is 4.01. The molecule has 0 atom stereocenters. The van der Waals surface area contributed by atoms with Crippen molar-refractivity contribution in [2.45, 2.75) is 44.1 Å². The van der Waals surface area contributed by atoms with Gasteiger partial charge in [-0.25, -0.2) is 8.42 Å². The zero-order chi connectivity index (χ0) is 20.9. The Hall–Kier alpha value is -2.54. The lowest BCUT2D eigenvalue weighted by atomic mass is 9.68. The summed E-state index contributed by atoms with van der Waals surface area (Å²) < 4.78 is 30.6. The number of nitrogens with one attached hydrogen (secondary N) is 2. The highest BCUT2D eigenvalue weighted by Crippen LogP contribution is 2.40. The minimum atomic E-state index is -3.33. The molecule has 1 amide bonds. The highest BCUT2D eigenvalue weighted by atomic mass is 32.2. The van der Waals surface area contributed by atoms with Crippen LogP contribution in [-0.4, -0.2) is 27.7 Å². The highest BCUT2D eigenvalue weighted by Gasteiger charge is 2.40. The molecule has 0 radical (unpaired) electrons. The maximum absolute atomic E-state index is 13.3. The van der Waals surface area contributed by atoms with Gasteiger partial charge in [-0.15, -0.1) is 0 Å². The molecule has 0 saturated heterocycles. The van der Waals surface area contributed by atoms with Crippen molar-refractivity contribution in [3.63, 3.8) is 0 Å². The molecule has 0 unspecified atom stereocenters.